The molecule has 6 nitrogen and oxygen atoms in total. The molecule has 0 radical (unpaired) electrons. The van der Waals surface area contributed by atoms with E-state index in [2.05, 4.69) is 4.85 Å². The van der Waals surface area contributed by atoms with Gasteiger partial charge in [-0.15, -0.1) is 0 Å². The zero-order valence-electron chi connectivity index (χ0n) is 12.7. The zero-order chi connectivity index (χ0) is 17.3. The molecule has 0 aromatic heterocycles. The average Bonchev–Trinajstić information content (AvgIpc) is 3.30. The number of anilines is 1. The maximum Gasteiger partial charge on any atom is 0.414 e. The van der Waals surface area contributed by atoms with E-state index in [0.717, 1.165) is 18.4 Å². The van der Waals surface area contributed by atoms with Crippen LogP contribution in [0, 0.1) is 6.57 Å². The molecule has 8 heteroatoms. The highest BCUT2D eigenvalue weighted by atomic mass is 19.3. The number of amides is 2. The van der Waals surface area contributed by atoms with Gasteiger partial charge in [0.1, 0.15) is 6.10 Å². The first-order chi connectivity index (χ1) is 11.4. The summed E-state index contributed by atoms with van der Waals surface area (Å²) in [5.41, 5.74) is 1.12. The van der Waals surface area contributed by atoms with E-state index >= 15 is 0 Å². The van der Waals surface area contributed by atoms with Gasteiger partial charge in [0.2, 0.25) is 0 Å². The topological polar surface area (TPSA) is 63.0 Å². The first kappa shape index (κ1) is 16.2. The lowest BCUT2D eigenvalue weighted by Gasteiger charge is -2.14. The van der Waals surface area contributed by atoms with Gasteiger partial charge in [-0.3, -0.25) is 9.69 Å². The monoisotopic (exact) mass is 335 g/mol. The van der Waals surface area contributed by atoms with Crippen molar-refractivity contribution < 1.29 is 23.1 Å². The second-order valence-corrected chi connectivity index (χ2v) is 5.85. The van der Waals surface area contributed by atoms with Crippen LogP contribution in [-0.4, -0.2) is 37.6 Å². The van der Waals surface area contributed by atoms with Crippen LogP contribution in [0.4, 0.5) is 19.3 Å². The summed E-state index contributed by atoms with van der Waals surface area (Å²) in [5.74, 6) is -1.39. The summed E-state index contributed by atoms with van der Waals surface area (Å²) in [5, 5.41) is 2.04. The first-order valence-electron chi connectivity index (χ1n) is 7.48. The number of nitrogens with one attached hydrogen (secondary N) is 1. The third kappa shape index (κ3) is 3.02. The Morgan fingerprint density at radius 3 is 2.62 bits per heavy atom. The number of hydrogen-bond donors (Lipinski definition) is 1. The fourth-order valence-corrected chi connectivity index (χ4v) is 2.67. The summed E-state index contributed by atoms with van der Waals surface area (Å²) in [7, 11) is 0. The van der Waals surface area contributed by atoms with E-state index < -0.39 is 30.1 Å². The van der Waals surface area contributed by atoms with Crippen LogP contribution in [0.2, 0.25) is 0 Å². The summed E-state index contributed by atoms with van der Waals surface area (Å²) in [6, 6.07) is 7.11. The smallest absolute Gasteiger partial charge is 0.414 e. The second-order valence-electron chi connectivity index (χ2n) is 5.85. The van der Waals surface area contributed by atoms with Crippen molar-refractivity contribution in [3.05, 3.63) is 41.2 Å². The normalized spacial score (nSPS) is 21.3. The van der Waals surface area contributed by atoms with Crippen molar-refractivity contribution in [3.8, 4) is 0 Å². The molecule has 24 heavy (non-hydrogen) atoms. The molecule has 0 spiro atoms. The Hall–Kier alpha value is -2.69. The summed E-state index contributed by atoms with van der Waals surface area (Å²) >= 11 is 0. The number of carbonyl (C=O) groups is 2. The molecule has 0 unspecified atom stereocenters. The van der Waals surface area contributed by atoms with Crippen LogP contribution in [0.1, 0.15) is 18.4 Å². The Kier molecular flexibility index (Phi) is 4.09. The Bertz CT molecular complexity index is 696. The van der Waals surface area contributed by atoms with E-state index in [0.29, 0.717) is 5.69 Å². The van der Waals surface area contributed by atoms with Crippen molar-refractivity contribution in [3.63, 3.8) is 0 Å². The molecule has 1 aliphatic heterocycles. The molecular formula is C16H15F2N3O3. The minimum absolute atomic E-state index is 0.162. The number of halogens is 2. The van der Waals surface area contributed by atoms with Crippen molar-refractivity contribution in [2.75, 3.05) is 18.0 Å². The lowest BCUT2D eigenvalue weighted by Crippen LogP contribution is -2.37. The highest BCUT2D eigenvalue weighted by Gasteiger charge is 2.52. The second kappa shape index (κ2) is 6.07. The maximum atomic E-state index is 12.1. The highest BCUT2D eigenvalue weighted by molar-refractivity contribution is 5.90. The molecule has 1 N–H and O–H groups in total. The summed E-state index contributed by atoms with van der Waals surface area (Å²) in [6.07, 6.45) is -2.69. The van der Waals surface area contributed by atoms with E-state index in [4.69, 9.17) is 11.3 Å². The van der Waals surface area contributed by atoms with Crippen molar-refractivity contribution in [2.24, 2.45) is 0 Å². The van der Waals surface area contributed by atoms with Gasteiger partial charge in [-0.1, -0.05) is 0 Å². The number of nitrogens with zero attached hydrogens (tertiary/aromatic N) is 2. The van der Waals surface area contributed by atoms with E-state index in [1.54, 1.807) is 12.1 Å². The largest absolute Gasteiger partial charge is 0.442 e. The third-order valence-electron chi connectivity index (χ3n) is 4.23. The lowest BCUT2D eigenvalue weighted by atomic mass is 10.1. The minimum atomic E-state index is -3.09. The van der Waals surface area contributed by atoms with Gasteiger partial charge in [0.15, 0.2) is 0 Å². The Balaban J connectivity index is 1.62. The summed E-state index contributed by atoms with van der Waals surface area (Å²) in [4.78, 5) is 27.8. The molecule has 2 amide bonds. The number of rotatable bonds is 5. The molecule has 1 atom stereocenters. The van der Waals surface area contributed by atoms with Crippen LogP contribution in [0.15, 0.2) is 24.3 Å². The van der Waals surface area contributed by atoms with Gasteiger partial charge in [0, 0.05) is 24.1 Å². The van der Waals surface area contributed by atoms with Crippen molar-refractivity contribution in [1.29, 1.82) is 0 Å². The number of cyclic esters (lactones) is 1. The maximum absolute atomic E-state index is 12.1. The molecule has 1 aromatic rings. The number of alkyl halides is 2. The van der Waals surface area contributed by atoms with Gasteiger partial charge >= 0.3 is 12.5 Å². The molecule has 126 valence electrons. The van der Waals surface area contributed by atoms with Crippen LogP contribution in [0.5, 0.6) is 0 Å². The van der Waals surface area contributed by atoms with E-state index in [1.807, 2.05) is 17.4 Å². The van der Waals surface area contributed by atoms with Crippen LogP contribution in [0.25, 0.3) is 4.85 Å². The lowest BCUT2D eigenvalue weighted by molar-refractivity contribution is -0.132. The van der Waals surface area contributed by atoms with Gasteiger partial charge in [0.05, 0.1) is 13.1 Å². The minimum Gasteiger partial charge on any atom is -0.442 e. The average molecular weight is 335 g/mol. The molecule has 3 rings (SSSR count). The number of carbonyl (C=O) groups excluding carboxylic acids is 2. The number of ether oxygens (including phenoxy) is 1. The van der Waals surface area contributed by atoms with E-state index in [-0.39, 0.29) is 13.1 Å². The Labute approximate surface area is 137 Å². The summed E-state index contributed by atoms with van der Waals surface area (Å²) in [6.45, 7) is 7.25. The quantitative estimate of drug-likeness (QED) is 0.840. The Morgan fingerprint density at radius 2 is 2.08 bits per heavy atom. The fourth-order valence-electron chi connectivity index (χ4n) is 2.67. The SMILES string of the molecule is [C-]#[N+]C1(c2ccc(N3C[C@H](CNC(=O)C(F)F)OC3=O)cc2)CC1. The van der Waals surface area contributed by atoms with Gasteiger partial charge in [-0.05, 0) is 24.3 Å². The van der Waals surface area contributed by atoms with Crippen LogP contribution in [0.3, 0.4) is 0 Å². The predicted octanol–water partition coefficient (Wildman–Crippen LogP) is 2.30. The van der Waals surface area contributed by atoms with E-state index in [1.165, 1.54) is 4.90 Å². The van der Waals surface area contributed by atoms with Crippen molar-refractivity contribution in [1.82, 2.24) is 5.32 Å². The molecule has 1 aromatic carbocycles. The molecule has 1 aliphatic carbocycles. The molecule has 2 fully saturated rings. The van der Waals surface area contributed by atoms with Gasteiger partial charge in [-0.2, -0.15) is 8.78 Å². The molecule has 1 saturated heterocycles. The van der Waals surface area contributed by atoms with Crippen LogP contribution in [-0.2, 0) is 15.1 Å². The van der Waals surface area contributed by atoms with Crippen molar-refractivity contribution in [2.45, 2.75) is 30.9 Å². The fraction of sp³-hybridized carbons (Fsp3) is 0.438. The third-order valence-corrected chi connectivity index (χ3v) is 4.23. The summed E-state index contributed by atoms with van der Waals surface area (Å²) < 4.78 is 29.3. The van der Waals surface area contributed by atoms with Gasteiger partial charge in [0.25, 0.3) is 11.4 Å². The van der Waals surface area contributed by atoms with Gasteiger partial charge in [-0.25, -0.2) is 11.4 Å². The molecule has 1 heterocycles. The molecule has 2 aliphatic rings. The van der Waals surface area contributed by atoms with Crippen LogP contribution < -0.4 is 10.2 Å². The standard InChI is InChI=1S/C16H15F2N3O3/c1-19-16(6-7-16)10-2-4-11(5-3-10)21-9-12(24-15(21)23)8-20-14(22)13(17)18/h2-5,12-13H,6-9H2,(H,20,22)/t12-/m0/s1. The molecule has 1 saturated carbocycles. The van der Waals surface area contributed by atoms with Crippen LogP contribution >= 0.6 is 0 Å². The zero-order valence-corrected chi connectivity index (χ0v) is 12.7. The predicted molar refractivity (Wildman–Crippen MR) is 80.6 cm³/mol. The molecular weight excluding hydrogens is 320 g/mol. The Morgan fingerprint density at radius 1 is 1.42 bits per heavy atom. The van der Waals surface area contributed by atoms with Gasteiger partial charge < -0.3 is 14.9 Å². The molecule has 0 bridgehead atoms. The number of hydrogen-bond acceptors (Lipinski definition) is 3. The van der Waals surface area contributed by atoms with E-state index in [9.17, 15) is 18.4 Å². The number of benzene rings is 1. The van der Waals surface area contributed by atoms with Crippen molar-refractivity contribution >= 4 is 17.7 Å². The highest BCUT2D eigenvalue weighted by Crippen LogP contribution is 2.49. The first-order valence-corrected chi connectivity index (χ1v) is 7.48.